The van der Waals surface area contributed by atoms with E-state index in [1.165, 1.54) is 167 Å². The summed E-state index contributed by atoms with van der Waals surface area (Å²) in [5.74, 6) is 0.199. The second-order valence-corrected chi connectivity index (χ2v) is 11.2. The maximum absolute atomic E-state index is 11.3. The summed E-state index contributed by atoms with van der Waals surface area (Å²) >= 11 is 0. The second-order valence-electron chi connectivity index (χ2n) is 11.2. The number of hydrogen-bond donors (Lipinski definition) is 0. The van der Waals surface area contributed by atoms with Gasteiger partial charge < -0.3 is 0 Å². The SMILES string of the molecule is CCCCCCCC/C=C\CCCCCCC([C]=O)CCCCCCCCCCCCCCCC. The molecule has 1 atom stereocenters. The molecular weight excluding hydrogens is 424 g/mol. The summed E-state index contributed by atoms with van der Waals surface area (Å²) < 4.78 is 0. The van der Waals surface area contributed by atoms with E-state index in [0.717, 1.165) is 12.8 Å². The zero-order valence-corrected chi connectivity index (χ0v) is 24.4. The Balaban J connectivity index is 3.32. The first kappa shape index (κ1) is 34.4. The summed E-state index contributed by atoms with van der Waals surface area (Å²) in [5.41, 5.74) is 0. The van der Waals surface area contributed by atoms with Gasteiger partial charge in [0.1, 0.15) is 0 Å². The molecule has 0 aromatic rings. The van der Waals surface area contributed by atoms with Gasteiger partial charge in [0.05, 0.1) is 0 Å². The lowest BCUT2D eigenvalue weighted by Crippen LogP contribution is -2.02. The average molecular weight is 490 g/mol. The van der Waals surface area contributed by atoms with Gasteiger partial charge in [-0.2, -0.15) is 0 Å². The highest BCUT2D eigenvalue weighted by atomic mass is 16.1. The van der Waals surface area contributed by atoms with Crippen molar-refractivity contribution in [1.82, 2.24) is 0 Å². The van der Waals surface area contributed by atoms with Crippen LogP contribution in [0.15, 0.2) is 12.2 Å². The van der Waals surface area contributed by atoms with Crippen LogP contribution in [0.1, 0.15) is 194 Å². The first-order valence-corrected chi connectivity index (χ1v) is 16.4. The van der Waals surface area contributed by atoms with Gasteiger partial charge in [-0.05, 0) is 38.5 Å². The minimum atomic E-state index is 0.199. The third-order valence-corrected chi connectivity index (χ3v) is 7.64. The smallest absolute Gasteiger partial charge is 0.201 e. The van der Waals surface area contributed by atoms with Crippen LogP contribution in [-0.4, -0.2) is 6.29 Å². The van der Waals surface area contributed by atoms with Crippen molar-refractivity contribution >= 4 is 6.29 Å². The number of carbonyl (C=O) groups excluding carboxylic acids is 1. The van der Waals surface area contributed by atoms with E-state index in [2.05, 4.69) is 32.3 Å². The van der Waals surface area contributed by atoms with Gasteiger partial charge >= 0.3 is 0 Å². The lowest BCUT2D eigenvalue weighted by Gasteiger charge is -2.09. The molecular formula is C34H65O. The van der Waals surface area contributed by atoms with Gasteiger partial charge in [-0.15, -0.1) is 0 Å². The molecule has 0 bridgehead atoms. The quantitative estimate of drug-likeness (QED) is 0.0724. The molecule has 1 heteroatoms. The molecule has 0 aromatic carbocycles. The molecule has 0 spiro atoms. The summed E-state index contributed by atoms with van der Waals surface area (Å²) in [6.07, 6.45) is 44.8. The highest BCUT2D eigenvalue weighted by molar-refractivity contribution is 5.54. The zero-order chi connectivity index (χ0) is 25.5. The van der Waals surface area contributed by atoms with E-state index in [1.807, 2.05) is 0 Å². The van der Waals surface area contributed by atoms with E-state index in [9.17, 15) is 4.79 Å². The van der Waals surface area contributed by atoms with E-state index >= 15 is 0 Å². The predicted octanol–water partition coefficient (Wildman–Crippen LogP) is 12.2. The first-order chi connectivity index (χ1) is 17.3. The van der Waals surface area contributed by atoms with Crippen molar-refractivity contribution in [3.63, 3.8) is 0 Å². The summed E-state index contributed by atoms with van der Waals surface area (Å²) in [7, 11) is 0. The van der Waals surface area contributed by atoms with Crippen LogP contribution in [0.2, 0.25) is 0 Å². The van der Waals surface area contributed by atoms with Crippen LogP contribution in [-0.2, 0) is 4.79 Å². The molecule has 35 heavy (non-hydrogen) atoms. The molecule has 0 aliphatic carbocycles. The summed E-state index contributed by atoms with van der Waals surface area (Å²) in [6.45, 7) is 4.57. The molecule has 0 aliphatic heterocycles. The van der Waals surface area contributed by atoms with Gasteiger partial charge in [-0.3, -0.25) is 4.79 Å². The van der Waals surface area contributed by atoms with E-state index < -0.39 is 0 Å². The highest BCUT2D eigenvalue weighted by Crippen LogP contribution is 2.18. The van der Waals surface area contributed by atoms with Crippen LogP contribution in [0.3, 0.4) is 0 Å². The Morgan fingerprint density at radius 2 is 0.714 bits per heavy atom. The number of hydrogen-bond acceptors (Lipinski definition) is 1. The Morgan fingerprint density at radius 3 is 1.03 bits per heavy atom. The lowest BCUT2D eigenvalue weighted by atomic mass is 9.95. The third-order valence-electron chi connectivity index (χ3n) is 7.64. The Kier molecular flexibility index (Phi) is 30.9. The molecule has 0 amide bonds. The highest BCUT2D eigenvalue weighted by Gasteiger charge is 2.07. The molecule has 0 heterocycles. The predicted molar refractivity (Wildman–Crippen MR) is 159 cm³/mol. The van der Waals surface area contributed by atoms with E-state index in [1.54, 1.807) is 0 Å². The Hall–Kier alpha value is -0.590. The molecule has 1 radical (unpaired) electrons. The molecule has 0 aliphatic rings. The minimum Gasteiger partial charge on any atom is -0.291 e. The standard InChI is InChI=1S/C34H65O/c1-3-5-7-9-11-13-15-17-19-21-23-25-27-29-31-34(33-35)32-30-28-26-24-22-20-18-16-14-12-10-8-6-4-2/h17,19,34H,3-16,18,20-32H2,1-2H3/b19-17-. The number of unbranched alkanes of at least 4 members (excludes halogenated alkanes) is 23. The van der Waals surface area contributed by atoms with Gasteiger partial charge in [0, 0.05) is 5.92 Å². The van der Waals surface area contributed by atoms with Crippen LogP contribution in [0.25, 0.3) is 0 Å². The normalized spacial score (nSPS) is 12.5. The van der Waals surface area contributed by atoms with Gasteiger partial charge in [0.15, 0.2) is 0 Å². The van der Waals surface area contributed by atoms with Crippen molar-refractivity contribution in [2.24, 2.45) is 5.92 Å². The Labute approximate surface area is 222 Å². The van der Waals surface area contributed by atoms with Gasteiger partial charge in [0.2, 0.25) is 6.29 Å². The summed E-state index contributed by atoms with van der Waals surface area (Å²) in [4.78, 5) is 11.3. The topological polar surface area (TPSA) is 17.1 Å². The van der Waals surface area contributed by atoms with Crippen LogP contribution in [0.5, 0.6) is 0 Å². The molecule has 1 unspecified atom stereocenters. The van der Waals surface area contributed by atoms with Gasteiger partial charge in [-0.1, -0.05) is 167 Å². The minimum absolute atomic E-state index is 0.199. The van der Waals surface area contributed by atoms with Crippen molar-refractivity contribution < 1.29 is 4.79 Å². The largest absolute Gasteiger partial charge is 0.291 e. The number of rotatable bonds is 30. The Bertz CT molecular complexity index is 413. The van der Waals surface area contributed by atoms with E-state index in [4.69, 9.17) is 0 Å². The molecule has 0 rings (SSSR count). The van der Waals surface area contributed by atoms with E-state index in [0.29, 0.717) is 0 Å². The monoisotopic (exact) mass is 490 g/mol. The fraction of sp³-hybridized carbons (Fsp3) is 0.912. The van der Waals surface area contributed by atoms with Gasteiger partial charge in [0.25, 0.3) is 0 Å². The van der Waals surface area contributed by atoms with Crippen LogP contribution in [0.4, 0.5) is 0 Å². The molecule has 207 valence electrons. The van der Waals surface area contributed by atoms with Crippen molar-refractivity contribution in [3.8, 4) is 0 Å². The molecule has 1 nitrogen and oxygen atoms in total. The van der Waals surface area contributed by atoms with Crippen molar-refractivity contribution in [1.29, 1.82) is 0 Å². The number of allylic oxidation sites excluding steroid dienone is 2. The molecule has 0 fully saturated rings. The third kappa shape index (κ3) is 29.5. The van der Waals surface area contributed by atoms with Crippen LogP contribution in [0, 0.1) is 5.92 Å². The molecule has 0 aromatic heterocycles. The van der Waals surface area contributed by atoms with Gasteiger partial charge in [-0.25, -0.2) is 0 Å². The summed E-state index contributed by atoms with van der Waals surface area (Å²) in [5, 5.41) is 0. The maximum atomic E-state index is 11.3. The lowest BCUT2D eigenvalue weighted by molar-refractivity contribution is 0.451. The molecule has 0 saturated carbocycles. The zero-order valence-electron chi connectivity index (χ0n) is 24.4. The fourth-order valence-corrected chi connectivity index (χ4v) is 5.13. The van der Waals surface area contributed by atoms with Crippen molar-refractivity contribution in [2.45, 2.75) is 194 Å². The molecule has 0 N–H and O–H groups in total. The Morgan fingerprint density at radius 1 is 0.429 bits per heavy atom. The maximum Gasteiger partial charge on any atom is 0.201 e. The first-order valence-electron chi connectivity index (χ1n) is 16.4. The van der Waals surface area contributed by atoms with Crippen LogP contribution < -0.4 is 0 Å². The van der Waals surface area contributed by atoms with Crippen molar-refractivity contribution in [3.05, 3.63) is 12.2 Å². The van der Waals surface area contributed by atoms with Crippen LogP contribution >= 0.6 is 0 Å². The second kappa shape index (κ2) is 31.4. The average Bonchev–Trinajstić information content (AvgIpc) is 2.87. The molecule has 0 saturated heterocycles. The summed E-state index contributed by atoms with van der Waals surface area (Å²) in [6, 6.07) is 0. The van der Waals surface area contributed by atoms with Crippen molar-refractivity contribution in [2.75, 3.05) is 0 Å². The fourth-order valence-electron chi connectivity index (χ4n) is 5.13. The van der Waals surface area contributed by atoms with E-state index in [-0.39, 0.29) is 5.92 Å².